The molecule has 0 atom stereocenters. The Morgan fingerprint density at radius 3 is 2.92 bits per heavy atom. The zero-order valence-electron chi connectivity index (χ0n) is 21.1. The molecule has 0 unspecified atom stereocenters. The van der Waals surface area contributed by atoms with Gasteiger partial charge in [-0.1, -0.05) is 17.4 Å². The Morgan fingerprint density at radius 2 is 2.13 bits per heavy atom. The third-order valence-electron chi connectivity index (χ3n) is 6.66. The molecule has 0 spiro atoms. The smallest absolute Gasteiger partial charge is 0.267 e. The highest BCUT2D eigenvalue weighted by Crippen LogP contribution is 2.31. The molecule has 1 saturated heterocycles. The van der Waals surface area contributed by atoms with Crippen LogP contribution in [0.1, 0.15) is 34.5 Å². The fourth-order valence-corrected chi connectivity index (χ4v) is 5.25. The molecule has 200 valence electrons. The van der Waals surface area contributed by atoms with Gasteiger partial charge in [-0.3, -0.25) is 4.79 Å². The van der Waals surface area contributed by atoms with Gasteiger partial charge in [0.05, 0.1) is 19.0 Å². The lowest BCUT2D eigenvalue weighted by Crippen LogP contribution is -2.35. The maximum atomic E-state index is 13.4. The minimum atomic E-state index is -0.424. The van der Waals surface area contributed by atoms with Crippen LogP contribution in [0.5, 0.6) is 5.75 Å². The van der Waals surface area contributed by atoms with Crippen LogP contribution in [-0.4, -0.2) is 68.3 Å². The molecule has 12 heteroatoms. The third kappa shape index (κ3) is 6.09. The van der Waals surface area contributed by atoms with Crippen molar-refractivity contribution in [3.8, 4) is 5.75 Å². The molecule has 3 aromatic heterocycles. The highest BCUT2D eigenvalue weighted by atomic mass is 32.1. The Labute approximate surface area is 223 Å². The minimum Gasteiger partial charge on any atom is -0.492 e. The number of nitrogens with zero attached hydrogens (tertiary/aromatic N) is 5. The number of ether oxygens (including phenoxy) is 1. The molecule has 4 heterocycles. The Hall–Kier alpha value is -3.61. The van der Waals surface area contributed by atoms with Crippen LogP contribution in [0.15, 0.2) is 43.0 Å². The van der Waals surface area contributed by atoms with E-state index >= 15 is 0 Å². The van der Waals surface area contributed by atoms with E-state index in [0.29, 0.717) is 34.0 Å². The summed E-state index contributed by atoms with van der Waals surface area (Å²) < 4.78 is 21.2. The van der Waals surface area contributed by atoms with Gasteiger partial charge in [0.25, 0.3) is 5.91 Å². The van der Waals surface area contributed by atoms with Crippen molar-refractivity contribution in [3.05, 3.63) is 59.2 Å². The number of benzene rings is 1. The average molecular weight is 540 g/mol. The number of nitrogens with one attached hydrogen (secondary N) is 2. The number of anilines is 3. The zero-order chi connectivity index (χ0) is 26.5. The number of hydrogen-bond donors (Lipinski definition) is 3. The summed E-state index contributed by atoms with van der Waals surface area (Å²) >= 11 is 1.16. The fourth-order valence-electron chi connectivity index (χ4n) is 4.54. The van der Waals surface area contributed by atoms with Gasteiger partial charge < -0.3 is 25.4 Å². The van der Waals surface area contributed by atoms with Crippen LogP contribution in [0.3, 0.4) is 0 Å². The van der Waals surface area contributed by atoms with E-state index in [1.165, 1.54) is 30.7 Å². The van der Waals surface area contributed by atoms with Crippen LogP contribution >= 0.6 is 11.3 Å². The van der Waals surface area contributed by atoms with E-state index in [4.69, 9.17) is 4.74 Å². The number of carbonyl (C=O) groups excluding carboxylic acids is 1. The molecule has 4 aromatic rings. The van der Waals surface area contributed by atoms with E-state index in [-0.39, 0.29) is 12.5 Å². The average Bonchev–Trinajstić information content (AvgIpc) is 3.52. The van der Waals surface area contributed by atoms with Gasteiger partial charge in [0, 0.05) is 24.4 Å². The monoisotopic (exact) mass is 539 g/mol. The van der Waals surface area contributed by atoms with Crippen molar-refractivity contribution in [2.24, 2.45) is 5.92 Å². The van der Waals surface area contributed by atoms with E-state index in [1.807, 2.05) is 13.1 Å². The Bertz CT molecular complexity index is 1400. The first kappa shape index (κ1) is 26.0. The van der Waals surface area contributed by atoms with Crippen molar-refractivity contribution in [1.29, 1.82) is 0 Å². The van der Waals surface area contributed by atoms with Crippen molar-refractivity contribution >= 4 is 39.4 Å². The molecule has 5 rings (SSSR count). The van der Waals surface area contributed by atoms with E-state index in [2.05, 4.69) is 30.6 Å². The van der Waals surface area contributed by atoms with Crippen molar-refractivity contribution in [2.45, 2.75) is 26.2 Å². The van der Waals surface area contributed by atoms with Crippen molar-refractivity contribution in [3.63, 3.8) is 0 Å². The van der Waals surface area contributed by atoms with E-state index in [9.17, 15) is 14.3 Å². The van der Waals surface area contributed by atoms with Crippen molar-refractivity contribution in [1.82, 2.24) is 24.5 Å². The van der Waals surface area contributed by atoms with Crippen LogP contribution in [0.4, 0.5) is 21.0 Å². The second-order valence-corrected chi connectivity index (χ2v) is 10.3. The van der Waals surface area contributed by atoms with Gasteiger partial charge in [0.2, 0.25) is 0 Å². The highest BCUT2D eigenvalue weighted by Gasteiger charge is 2.19. The lowest BCUT2D eigenvalue weighted by molar-refractivity contribution is 0.103. The third-order valence-corrected chi connectivity index (χ3v) is 7.57. The minimum absolute atomic E-state index is 0.286. The number of hydrogen-bond acceptors (Lipinski definition) is 9. The van der Waals surface area contributed by atoms with Gasteiger partial charge in [-0.25, -0.2) is 18.9 Å². The summed E-state index contributed by atoms with van der Waals surface area (Å²) in [5.74, 6) is 0.928. The molecule has 0 saturated carbocycles. The SMILES string of the molecule is Cc1c(OCCCN2CCC(CO)CC2)cn2ncnc(Nc3ncc(C(=O)Nc4cccc(F)c4)s3)c12. The maximum Gasteiger partial charge on any atom is 0.267 e. The molecular weight excluding hydrogens is 509 g/mol. The number of piperidine rings is 1. The fraction of sp³-hybridized carbons (Fsp3) is 0.385. The largest absolute Gasteiger partial charge is 0.492 e. The molecule has 1 amide bonds. The molecule has 38 heavy (non-hydrogen) atoms. The number of halogens is 1. The first-order valence-electron chi connectivity index (χ1n) is 12.6. The number of aliphatic hydroxyl groups is 1. The summed E-state index contributed by atoms with van der Waals surface area (Å²) in [7, 11) is 0. The second-order valence-electron chi connectivity index (χ2n) is 9.31. The first-order chi connectivity index (χ1) is 18.5. The number of carbonyl (C=O) groups is 1. The molecule has 1 fully saturated rings. The molecule has 1 aliphatic rings. The number of fused-ring (bicyclic) bond motifs is 1. The number of aryl methyl sites for hydroxylation is 1. The van der Waals surface area contributed by atoms with E-state index < -0.39 is 5.82 Å². The van der Waals surface area contributed by atoms with Crippen LogP contribution in [0, 0.1) is 18.7 Å². The van der Waals surface area contributed by atoms with Crippen LogP contribution in [0.25, 0.3) is 5.52 Å². The number of amides is 1. The summed E-state index contributed by atoms with van der Waals surface area (Å²) in [5.41, 5.74) is 2.03. The quantitative estimate of drug-likeness (QED) is 0.258. The Kier molecular flexibility index (Phi) is 8.11. The highest BCUT2D eigenvalue weighted by molar-refractivity contribution is 7.17. The molecule has 1 aromatic carbocycles. The van der Waals surface area contributed by atoms with Gasteiger partial charge in [0.15, 0.2) is 10.9 Å². The van der Waals surface area contributed by atoms with Crippen molar-refractivity contribution in [2.75, 3.05) is 43.5 Å². The van der Waals surface area contributed by atoms with E-state index in [0.717, 1.165) is 67.1 Å². The van der Waals surface area contributed by atoms with Crippen LogP contribution < -0.4 is 15.4 Å². The predicted molar refractivity (Wildman–Crippen MR) is 144 cm³/mol. The van der Waals surface area contributed by atoms with Crippen molar-refractivity contribution < 1.29 is 19.0 Å². The topological polar surface area (TPSA) is 117 Å². The summed E-state index contributed by atoms with van der Waals surface area (Å²) in [5, 5.41) is 20.0. The Morgan fingerprint density at radius 1 is 1.29 bits per heavy atom. The zero-order valence-corrected chi connectivity index (χ0v) is 21.9. The molecule has 3 N–H and O–H groups in total. The second kappa shape index (κ2) is 11.8. The molecule has 0 bridgehead atoms. The molecule has 0 radical (unpaired) electrons. The molecule has 10 nitrogen and oxygen atoms in total. The lowest BCUT2D eigenvalue weighted by Gasteiger charge is -2.30. The van der Waals surface area contributed by atoms with Crippen LogP contribution in [-0.2, 0) is 0 Å². The number of thiazole rings is 1. The maximum absolute atomic E-state index is 13.4. The lowest BCUT2D eigenvalue weighted by atomic mass is 9.98. The van der Waals surface area contributed by atoms with Gasteiger partial charge >= 0.3 is 0 Å². The summed E-state index contributed by atoms with van der Waals surface area (Å²) in [6, 6.07) is 5.72. The van der Waals surface area contributed by atoms with Gasteiger partial charge in [-0.2, -0.15) is 5.10 Å². The number of aromatic nitrogens is 4. The normalized spacial score (nSPS) is 14.6. The predicted octanol–water partition coefficient (Wildman–Crippen LogP) is 4.10. The van der Waals surface area contributed by atoms with Gasteiger partial charge in [-0.05, 0) is 63.4 Å². The molecule has 1 aliphatic heterocycles. The number of rotatable bonds is 10. The molecular formula is C26H30FN7O3S. The molecule has 0 aliphatic carbocycles. The number of likely N-dealkylation sites (tertiary alicyclic amines) is 1. The number of aliphatic hydroxyl groups excluding tert-OH is 1. The van der Waals surface area contributed by atoms with Crippen LogP contribution in [0.2, 0.25) is 0 Å². The standard InChI is InChI=1S/C26H30FN7O3S/c1-17-21(37-11-3-8-33-9-6-18(15-35)7-10-33)14-34-23(17)24(29-16-30-34)32-26-28-13-22(38-26)25(36)31-20-5-2-4-19(27)12-20/h2,4-5,12-14,16,18,35H,3,6-11,15H2,1H3,(H,31,36)(H,28,29,30,32). The summed E-state index contributed by atoms with van der Waals surface area (Å²) in [4.78, 5) is 24.0. The van der Waals surface area contributed by atoms with E-state index in [1.54, 1.807) is 10.6 Å². The van der Waals surface area contributed by atoms with Gasteiger partial charge in [0.1, 0.15) is 28.3 Å². The Balaban J connectivity index is 1.20. The van der Waals surface area contributed by atoms with Gasteiger partial charge in [-0.15, -0.1) is 0 Å². The first-order valence-corrected chi connectivity index (χ1v) is 13.4. The summed E-state index contributed by atoms with van der Waals surface area (Å²) in [6.07, 6.45) is 7.75. The summed E-state index contributed by atoms with van der Waals surface area (Å²) in [6.45, 7) is 5.85.